The van der Waals surface area contributed by atoms with Crippen molar-refractivity contribution in [3.63, 3.8) is 0 Å². The number of nitrogens with one attached hydrogen (secondary N) is 1. The first kappa shape index (κ1) is 6.47. The van der Waals surface area contributed by atoms with E-state index < -0.39 is 0 Å². The Balaban J connectivity index is 2.27. The van der Waals surface area contributed by atoms with E-state index in [-0.39, 0.29) is 0 Å². The summed E-state index contributed by atoms with van der Waals surface area (Å²) in [5.74, 6) is 0. The maximum absolute atomic E-state index is 3.33. The third kappa shape index (κ3) is 2.08. The third-order valence-corrected chi connectivity index (χ3v) is 2.22. The molecule has 1 radical (unpaired) electrons. The van der Waals surface area contributed by atoms with Gasteiger partial charge in [0.05, 0.1) is 0 Å². The molecular formula is C6H12NSe. The maximum atomic E-state index is 3.33. The Labute approximate surface area is 58.2 Å². The molecule has 1 saturated heterocycles. The summed E-state index contributed by atoms with van der Waals surface area (Å²) in [6.07, 6.45) is 5.38. The predicted octanol–water partition coefficient (Wildman–Crippen LogP) is 0.181. The van der Waals surface area contributed by atoms with Gasteiger partial charge >= 0.3 is 57.7 Å². The van der Waals surface area contributed by atoms with Gasteiger partial charge in [-0.1, -0.05) is 0 Å². The number of hydrogen-bond acceptors (Lipinski definition) is 1. The fourth-order valence-corrected chi connectivity index (χ4v) is 1.48. The summed E-state index contributed by atoms with van der Waals surface area (Å²) in [6.45, 7) is 1.18. The molecule has 1 rings (SSSR count). The molecule has 1 N–H and O–H groups in total. The second-order valence-electron chi connectivity index (χ2n) is 2.18. The van der Waals surface area contributed by atoms with Crippen LogP contribution in [0, 0.1) is 0 Å². The van der Waals surface area contributed by atoms with Gasteiger partial charge in [-0.2, -0.15) is 0 Å². The summed E-state index contributed by atoms with van der Waals surface area (Å²) < 4.78 is 1.41. The zero-order valence-corrected chi connectivity index (χ0v) is 6.86. The minimum atomic E-state index is 1.18. The van der Waals surface area contributed by atoms with Crippen molar-refractivity contribution < 1.29 is 0 Å². The molecule has 1 aliphatic rings. The van der Waals surface area contributed by atoms with Crippen molar-refractivity contribution in [2.75, 3.05) is 6.54 Å². The van der Waals surface area contributed by atoms with Gasteiger partial charge in [-0.25, -0.2) is 0 Å². The minimum absolute atomic E-state index is 1.18. The van der Waals surface area contributed by atoms with Crippen LogP contribution < -0.4 is 5.32 Å². The molecule has 0 saturated carbocycles. The van der Waals surface area contributed by atoms with Crippen LogP contribution in [0.4, 0.5) is 0 Å². The van der Waals surface area contributed by atoms with Crippen LogP contribution in [0.5, 0.6) is 0 Å². The normalized spacial score (nSPS) is 22.8. The van der Waals surface area contributed by atoms with E-state index in [2.05, 4.69) is 20.9 Å². The van der Waals surface area contributed by atoms with Gasteiger partial charge in [0.1, 0.15) is 0 Å². The molecule has 0 atom stereocenters. The van der Waals surface area contributed by atoms with E-state index in [1.54, 1.807) is 0 Å². The van der Waals surface area contributed by atoms with E-state index in [9.17, 15) is 0 Å². The average molecular weight is 177 g/mol. The Hall–Kier alpha value is 0.349. The summed E-state index contributed by atoms with van der Waals surface area (Å²) in [7, 11) is 0. The molecule has 0 bridgehead atoms. The van der Waals surface area contributed by atoms with Crippen molar-refractivity contribution >= 4 is 20.1 Å². The molecule has 2 heteroatoms. The standard InChI is InChI=1S/C6H12NSe/c8-6-4-2-1-3-5-7-6/h7-8H,1-5H2. The van der Waals surface area contributed by atoms with Crippen molar-refractivity contribution in [2.45, 2.75) is 25.7 Å². The molecule has 1 aliphatic heterocycles. The number of hydrogen-bond donors (Lipinski definition) is 1. The second-order valence-corrected chi connectivity index (χ2v) is 3.32. The third-order valence-electron chi connectivity index (χ3n) is 1.42. The average Bonchev–Trinajstić information content (AvgIpc) is 1.94. The van der Waals surface area contributed by atoms with Gasteiger partial charge in [0, 0.05) is 0 Å². The summed E-state index contributed by atoms with van der Waals surface area (Å²) in [4.78, 5) is 0. The molecule has 0 aromatic carbocycles. The summed E-state index contributed by atoms with van der Waals surface area (Å²) in [5.41, 5.74) is 0. The Morgan fingerprint density at radius 3 is 3.00 bits per heavy atom. The van der Waals surface area contributed by atoms with E-state index in [0.717, 1.165) is 0 Å². The van der Waals surface area contributed by atoms with Crippen LogP contribution in [-0.4, -0.2) is 26.7 Å². The molecule has 1 heterocycles. The van der Waals surface area contributed by atoms with Gasteiger partial charge in [-0.3, -0.25) is 0 Å². The zero-order chi connectivity index (χ0) is 5.82. The molecule has 0 aromatic rings. The summed E-state index contributed by atoms with van der Waals surface area (Å²) in [6, 6.07) is 0. The second kappa shape index (κ2) is 3.39. The monoisotopic (exact) mass is 178 g/mol. The first-order chi connectivity index (χ1) is 3.89. The van der Waals surface area contributed by atoms with Crippen molar-refractivity contribution in [2.24, 2.45) is 0 Å². The van der Waals surface area contributed by atoms with Gasteiger partial charge in [0.15, 0.2) is 0 Å². The van der Waals surface area contributed by atoms with Crippen molar-refractivity contribution in [1.29, 1.82) is 0 Å². The molecule has 0 amide bonds. The first-order valence-electron chi connectivity index (χ1n) is 3.18. The summed E-state index contributed by atoms with van der Waals surface area (Å²) in [5, 5.41) is 3.33. The van der Waals surface area contributed by atoms with Gasteiger partial charge in [-0.05, 0) is 0 Å². The van der Waals surface area contributed by atoms with Crippen LogP contribution in [0.2, 0.25) is 0 Å². The van der Waals surface area contributed by atoms with Crippen LogP contribution in [0.3, 0.4) is 0 Å². The SMILES string of the molecule is [SeH]=C1CCCCCN1. The zero-order valence-electron chi connectivity index (χ0n) is 4.98. The fourth-order valence-electron chi connectivity index (χ4n) is 0.915. The van der Waals surface area contributed by atoms with Crippen LogP contribution in [0.25, 0.3) is 0 Å². The molecule has 1 fully saturated rings. The van der Waals surface area contributed by atoms with E-state index in [1.807, 2.05) is 0 Å². The molecule has 0 aliphatic carbocycles. The van der Waals surface area contributed by atoms with E-state index >= 15 is 0 Å². The van der Waals surface area contributed by atoms with E-state index in [1.165, 1.54) is 36.8 Å². The molecule has 1 nitrogen and oxygen atoms in total. The van der Waals surface area contributed by atoms with E-state index in [0.29, 0.717) is 0 Å². The van der Waals surface area contributed by atoms with Crippen LogP contribution in [0.1, 0.15) is 25.7 Å². The molecule has 47 valence electrons. The Bertz CT molecular complexity index is 80.5. The van der Waals surface area contributed by atoms with Crippen molar-refractivity contribution in [1.82, 2.24) is 5.32 Å². The Morgan fingerprint density at radius 1 is 1.25 bits per heavy atom. The number of rotatable bonds is 0. The molecule has 0 spiro atoms. The summed E-state index contributed by atoms with van der Waals surface area (Å²) >= 11 is 2.61. The van der Waals surface area contributed by atoms with Crippen LogP contribution >= 0.6 is 0 Å². The fraction of sp³-hybridized carbons (Fsp3) is 0.833. The molecule has 0 aromatic heterocycles. The predicted molar refractivity (Wildman–Crippen MR) is 38.6 cm³/mol. The van der Waals surface area contributed by atoms with Gasteiger partial charge < -0.3 is 0 Å². The topological polar surface area (TPSA) is 12.0 Å². The molecule has 8 heavy (non-hydrogen) atoms. The molecule has 0 unspecified atom stereocenters. The van der Waals surface area contributed by atoms with Crippen molar-refractivity contribution in [3.05, 3.63) is 0 Å². The van der Waals surface area contributed by atoms with Crippen molar-refractivity contribution in [3.8, 4) is 0 Å². The Kier molecular flexibility index (Phi) is 2.74. The van der Waals surface area contributed by atoms with Gasteiger partial charge in [0.25, 0.3) is 0 Å². The van der Waals surface area contributed by atoms with Crippen LogP contribution in [0.15, 0.2) is 0 Å². The van der Waals surface area contributed by atoms with Gasteiger partial charge in [-0.15, -0.1) is 0 Å². The quantitative estimate of drug-likeness (QED) is 0.520. The first-order valence-corrected chi connectivity index (χ1v) is 4.12. The van der Waals surface area contributed by atoms with Gasteiger partial charge in [0.2, 0.25) is 0 Å². The Morgan fingerprint density at radius 2 is 2.12 bits per heavy atom. The van der Waals surface area contributed by atoms with Crippen LogP contribution in [-0.2, 0) is 0 Å². The molecular weight excluding hydrogens is 165 g/mol. The van der Waals surface area contributed by atoms with E-state index in [4.69, 9.17) is 0 Å².